The molecule has 1 unspecified atom stereocenters. The molecular weight excluding hydrogens is 215 g/mol. The normalized spacial score (nSPS) is 12.1. The first-order chi connectivity index (χ1) is 8.22. The lowest BCUT2D eigenvalue weighted by Crippen LogP contribution is -2.28. The average molecular weight is 234 g/mol. The van der Waals surface area contributed by atoms with Crippen LogP contribution in [0.25, 0.3) is 0 Å². The average Bonchev–Trinajstić information content (AvgIpc) is 2.36. The van der Waals surface area contributed by atoms with Gasteiger partial charge in [0.1, 0.15) is 11.9 Å². The predicted octanol–water partition coefficient (Wildman–Crippen LogP) is 3.37. The van der Waals surface area contributed by atoms with E-state index in [1.165, 1.54) is 6.07 Å². The minimum absolute atomic E-state index is 0.118. The van der Waals surface area contributed by atoms with E-state index in [0.717, 1.165) is 19.3 Å². The maximum absolute atomic E-state index is 13.8. The van der Waals surface area contributed by atoms with Crippen LogP contribution in [0, 0.1) is 17.1 Å². The van der Waals surface area contributed by atoms with E-state index in [9.17, 15) is 4.39 Å². The van der Waals surface area contributed by atoms with Gasteiger partial charge < -0.3 is 5.32 Å². The van der Waals surface area contributed by atoms with Gasteiger partial charge in [-0.1, -0.05) is 32.4 Å². The molecule has 1 aromatic carbocycles. The van der Waals surface area contributed by atoms with Crippen LogP contribution in [-0.4, -0.2) is 6.04 Å². The van der Waals surface area contributed by atoms with E-state index in [-0.39, 0.29) is 5.56 Å². The Morgan fingerprint density at radius 1 is 1.41 bits per heavy atom. The van der Waals surface area contributed by atoms with Crippen LogP contribution in [0.5, 0.6) is 0 Å². The quantitative estimate of drug-likeness (QED) is 0.819. The highest BCUT2D eigenvalue weighted by molar-refractivity contribution is 5.34. The largest absolute Gasteiger partial charge is 0.310 e. The van der Waals surface area contributed by atoms with E-state index >= 15 is 0 Å². The topological polar surface area (TPSA) is 35.8 Å². The Labute approximate surface area is 102 Å². The van der Waals surface area contributed by atoms with Crippen molar-refractivity contribution >= 4 is 0 Å². The minimum atomic E-state index is -0.395. The van der Waals surface area contributed by atoms with Crippen molar-refractivity contribution in [1.82, 2.24) is 5.32 Å². The molecule has 1 atom stereocenters. The van der Waals surface area contributed by atoms with E-state index in [1.54, 1.807) is 12.1 Å². The molecule has 0 aliphatic rings. The fourth-order valence-corrected chi connectivity index (χ4v) is 1.86. The molecule has 17 heavy (non-hydrogen) atoms. The Hall–Kier alpha value is -1.40. The second-order valence-electron chi connectivity index (χ2n) is 4.17. The highest BCUT2D eigenvalue weighted by Crippen LogP contribution is 2.12. The number of halogens is 1. The van der Waals surface area contributed by atoms with E-state index in [0.29, 0.717) is 18.2 Å². The molecule has 1 N–H and O–H groups in total. The lowest BCUT2D eigenvalue weighted by molar-refractivity contribution is 0.455. The smallest absolute Gasteiger partial charge is 0.145 e. The van der Waals surface area contributed by atoms with E-state index in [2.05, 4.69) is 19.2 Å². The second kappa shape index (κ2) is 7.03. The lowest BCUT2D eigenvalue weighted by Gasteiger charge is -2.16. The van der Waals surface area contributed by atoms with Gasteiger partial charge in [0.15, 0.2) is 0 Å². The first-order valence-electron chi connectivity index (χ1n) is 6.13. The Bertz CT molecular complexity index is 396. The number of nitrogens with zero attached hydrogens (tertiary/aromatic N) is 1. The molecule has 0 heterocycles. The van der Waals surface area contributed by atoms with Gasteiger partial charge >= 0.3 is 0 Å². The molecular formula is C14H19FN2. The first-order valence-corrected chi connectivity index (χ1v) is 6.13. The number of hydrogen-bond acceptors (Lipinski definition) is 2. The van der Waals surface area contributed by atoms with Crippen LogP contribution < -0.4 is 5.32 Å². The zero-order valence-corrected chi connectivity index (χ0v) is 10.5. The Kier molecular flexibility index (Phi) is 5.65. The SMILES string of the molecule is CCCC(CC)NCc1cccc(C#N)c1F. The van der Waals surface area contributed by atoms with Crippen molar-refractivity contribution in [3.8, 4) is 6.07 Å². The van der Waals surface area contributed by atoms with Crippen LogP contribution in [0.15, 0.2) is 18.2 Å². The number of rotatable bonds is 6. The highest BCUT2D eigenvalue weighted by Gasteiger charge is 2.09. The van der Waals surface area contributed by atoms with Gasteiger partial charge in [-0.15, -0.1) is 0 Å². The Morgan fingerprint density at radius 3 is 2.76 bits per heavy atom. The van der Waals surface area contributed by atoms with Crippen molar-refractivity contribution in [3.63, 3.8) is 0 Å². The summed E-state index contributed by atoms with van der Waals surface area (Å²) in [5, 5.41) is 12.1. The van der Waals surface area contributed by atoms with Gasteiger partial charge in [-0.05, 0) is 18.9 Å². The summed E-state index contributed by atoms with van der Waals surface area (Å²) >= 11 is 0. The van der Waals surface area contributed by atoms with Crippen molar-refractivity contribution < 1.29 is 4.39 Å². The van der Waals surface area contributed by atoms with Gasteiger partial charge in [0.05, 0.1) is 5.56 Å². The van der Waals surface area contributed by atoms with E-state index < -0.39 is 5.82 Å². The zero-order chi connectivity index (χ0) is 12.7. The molecule has 0 saturated carbocycles. The molecule has 1 aromatic rings. The van der Waals surface area contributed by atoms with Gasteiger partial charge in [-0.3, -0.25) is 0 Å². The van der Waals surface area contributed by atoms with Crippen molar-refractivity contribution in [2.24, 2.45) is 0 Å². The molecule has 0 fully saturated rings. The highest BCUT2D eigenvalue weighted by atomic mass is 19.1. The molecule has 0 radical (unpaired) electrons. The van der Waals surface area contributed by atoms with Gasteiger partial charge in [0, 0.05) is 18.2 Å². The van der Waals surface area contributed by atoms with Crippen LogP contribution in [-0.2, 0) is 6.54 Å². The summed E-state index contributed by atoms with van der Waals surface area (Å²) < 4.78 is 13.8. The summed E-state index contributed by atoms with van der Waals surface area (Å²) in [6.45, 7) is 4.75. The summed E-state index contributed by atoms with van der Waals surface area (Å²) in [6, 6.07) is 7.23. The van der Waals surface area contributed by atoms with Gasteiger partial charge in [0.25, 0.3) is 0 Å². The number of hydrogen-bond donors (Lipinski definition) is 1. The van der Waals surface area contributed by atoms with Crippen molar-refractivity contribution in [3.05, 3.63) is 35.1 Å². The third-order valence-electron chi connectivity index (χ3n) is 2.91. The number of nitriles is 1. The number of benzene rings is 1. The van der Waals surface area contributed by atoms with Crippen molar-refractivity contribution in [2.75, 3.05) is 0 Å². The fourth-order valence-electron chi connectivity index (χ4n) is 1.86. The molecule has 2 nitrogen and oxygen atoms in total. The third-order valence-corrected chi connectivity index (χ3v) is 2.91. The molecule has 0 aliphatic heterocycles. The molecule has 0 aromatic heterocycles. The van der Waals surface area contributed by atoms with Crippen molar-refractivity contribution in [1.29, 1.82) is 5.26 Å². The maximum atomic E-state index is 13.8. The fraction of sp³-hybridized carbons (Fsp3) is 0.500. The summed E-state index contributed by atoms with van der Waals surface area (Å²) in [4.78, 5) is 0. The number of nitrogens with one attached hydrogen (secondary N) is 1. The molecule has 0 amide bonds. The van der Waals surface area contributed by atoms with Crippen LogP contribution in [0.2, 0.25) is 0 Å². The maximum Gasteiger partial charge on any atom is 0.145 e. The van der Waals surface area contributed by atoms with E-state index in [4.69, 9.17) is 5.26 Å². The molecule has 92 valence electrons. The monoisotopic (exact) mass is 234 g/mol. The van der Waals surface area contributed by atoms with Crippen LogP contribution >= 0.6 is 0 Å². The second-order valence-corrected chi connectivity index (χ2v) is 4.17. The predicted molar refractivity (Wildman–Crippen MR) is 66.9 cm³/mol. The first kappa shape index (κ1) is 13.7. The Morgan fingerprint density at radius 2 is 2.18 bits per heavy atom. The molecule has 0 aliphatic carbocycles. The summed E-state index contributed by atoms with van der Waals surface area (Å²) in [5.74, 6) is -0.395. The van der Waals surface area contributed by atoms with Crippen LogP contribution in [0.4, 0.5) is 4.39 Å². The zero-order valence-electron chi connectivity index (χ0n) is 10.5. The van der Waals surface area contributed by atoms with E-state index in [1.807, 2.05) is 6.07 Å². The molecule has 0 saturated heterocycles. The summed E-state index contributed by atoms with van der Waals surface area (Å²) in [7, 11) is 0. The summed E-state index contributed by atoms with van der Waals surface area (Å²) in [5.41, 5.74) is 0.687. The van der Waals surface area contributed by atoms with Gasteiger partial charge in [0.2, 0.25) is 0 Å². The Balaban J connectivity index is 2.66. The van der Waals surface area contributed by atoms with Gasteiger partial charge in [-0.2, -0.15) is 5.26 Å². The molecule has 1 rings (SSSR count). The molecule has 3 heteroatoms. The van der Waals surface area contributed by atoms with Crippen LogP contribution in [0.3, 0.4) is 0 Å². The van der Waals surface area contributed by atoms with Crippen LogP contribution in [0.1, 0.15) is 44.2 Å². The molecule has 0 spiro atoms. The molecule has 0 bridgehead atoms. The standard InChI is InChI=1S/C14H19FN2/c1-3-6-13(4-2)17-10-12-8-5-7-11(9-16)14(12)15/h5,7-8,13,17H,3-4,6,10H2,1-2H3. The summed E-state index contributed by atoms with van der Waals surface area (Å²) in [6.07, 6.45) is 3.25. The lowest BCUT2D eigenvalue weighted by atomic mass is 10.1. The van der Waals surface area contributed by atoms with Crippen molar-refractivity contribution in [2.45, 2.75) is 45.7 Å². The third kappa shape index (κ3) is 3.83. The van der Waals surface area contributed by atoms with Gasteiger partial charge in [-0.25, -0.2) is 4.39 Å². The minimum Gasteiger partial charge on any atom is -0.310 e.